The first-order valence-electron chi connectivity index (χ1n) is 9.33. The zero-order chi connectivity index (χ0) is 20.8. The SMILES string of the molecule is C=C/C=C\C=C(/C)C(=O)NCCC1CC(=O)C(c2c(C)cc(Cl)cc2C)C1=O. The van der Waals surface area contributed by atoms with Gasteiger partial charge in [0.1, 0.15) is 11.7 Å². The van der Waals surface area contributed by atoms with Gasteiger partial charge in [-0.3, -0.25) is 14.4 Å². The number of aryl methyl sites for hydroxylation is 2. The van der Waals surface area contributed by atoms with Crippen LogP contribution < -0.4 is 5.32 Å². The largest absolute Gasteiger partial charge is 0.352 e. The molecule has 2 rings (SSSR count). The van der Waals surface area contributed by atoms with Gasteiger partial charge < -0.3 is 5.32 Å². The molecule has 2 unspecified atom stereocenters. The number of benzene rings is 1. The highest BCUT2D eigenvalue weighted by atomic mass is 35.5. The third-order valence-electron chi connectivity index (χ3n) is 5.03. The lowest BCUT2D eigenvalue weighted by Crippen LogP contribution is -2.27. The molecule has 0 bridgehead atoms. The van der Waals surface area contributed by atoms with Crippen LogP contribution in [0.5, 0.6) is 0 Å². The Morgan fingerprint density at radius 1 is 1.25 bits per heavy atom. The summed E-state index contributed by atoms with van der Waals surface area (Å²) in [5.74, 6) is -1.39. The topological polar surface area (TPSA) is 63.2 Å². The molecule has 1 saturated carbocycles. The summed E-state index contributed by atoms with van der Waals surface area (Å²) >= 11 is 6.07. The zero-order valence-electron chi connectivity index (χ0n) is 16.5. The summed E-state index contributed by atoms with van der Waals surface area (Å²) in [6, 6.07) is 3.57. The molecule has 0 saturated heterocycles. The van der Waals surface area contributed by atoms with E-state index in [-0.39, 0.29) is 29.8 Å². The van der Waals surface area contributed by atoms with Gasteiger partial charge in [-0.2, -0.15) is 0 Å². The van der Waals surface area contributed by atoms with Crippen LogP contribution >= 0.6 is 11.6 Å². The molecule has 1 amide bonds. The number of allylic oxidation sites excluding steroid dienone is 4. The van der Waals surface area contributed by atoms with E-state index in [9.17, 15) is 14.4 Å². The molecule has 28 heavy (non-hydrogen) atoms. The summed E-state index contributed by atoms with van der Waals surface area (Å²) in [5.41, 5.74) is 3.06. The van der Waals surface area contributed by atoms with Crippen molar-refractivity contribution in [3.63, 3.8) is 0 Å². The molecule has 0 aromatic heterocycles. The maximum absolute atomic E-state index is 12.9. The number of Topliss-reactive ketones (excluding diaryl/α,β-unsaturated/α-hetero) is 2. The summed E-state index contributed by atoms with van der Waals surface area (Å²) in [5, 5.41) is 3.41. The van der Waals surface area contributed by atoms with Gasteiger partial charge in [0.25, 0.3) is 0 Å². The number of amides is 1. The standard InChI is InChI=1S/C23H26ClNO3/c1-5-6-7-8-14(2)23(28)25-10-9-17-13-19(26)21(22(17)27)20-15(3)11-18(24)12-16(20)4/h5-8,11-12,17,21H,1,9-10,13H2,2-4H3,(H,25,28)/b7-6-,14-8+. The average molecular weight is 400 g/mol. The molecule has 1 aliphatic rings. The van der Waals surface area contributed by atoms with E-state index in [1.165, 1.54) is 0 Å². The first-order valence-corrected chi connectivity index (χ1v) is 9.71. The second-order valence-corrected chi connectivity index (χ2v) is 7.61. The quantitative estimate of drug-likeness (QED) is 0.420. The molecule has 1 N–H and O–H groups in total. The van der Waals surface area contributed by atoms with Crippen LogP contribution in [0, 0.1) is 19.8 Å². The van der Waals surface area contributed by atoms with E-state index >= 15 is 0 Å². The minimum Gasteiger partial charge on any atom is -0.352 e. The Balaban J connectivity index is 2.01. The minimum atomic E-state index is -0.719. The first kappa shape index (κ1) is 21.8. The van der Waals surface area contributed by atoms with Crippen LogP contribution in [-0.4, -0.2) is 24.0 Å². The second kappa shape index (κ2) is 9.65. The van der Waals surface area contributed by atoms with Crippen molar-refractivity contribution >= 4 is 29.1 Å². The summed E-state index contributed by atoms with van der Waals surface area (Å²) in [7, 11) is 0. The first-order chi connectivity index (χ1) is 13.3. The van der Waals surface area contributed by atoms with Crippen molar-refractivity contribution in [3.8, 4) is 0 Å². The molecule has 1 aromatic rings. The molecule has 148 valence electrons. The molecule has 1 fully saturated rings. The zero-order valence-corrected chi connectivity index (χ0v) is 17.3. The van der Waals surface area contributed by atoms with Crippen LogP contribution in [0.15, 0.2) is 48.6 Å². The van der Waals surface area contributed by atoms with Crippen LogP contribution in [0.3, 0.4) is 0 Å². The summed E-state index contributed by atoms with van der Waals surface area (Å²) in [6.45, 7) is 9.38. The molecule has 4 nitrogen and oxygen atoms in total. The fourth-order valence-corrected chi connectivity index (χ4v) is 3.96. The Morgan fingerprint density at radius 3 is 2.50 bits per heavy atom. The van der Waals surface area contributed by atoms with E-state index < -0.39 is 5.92 Å². The predicted molar refractivity (Wildman–Crippen MR) is 113 cm³/mol. The van der Waals surface area contributed by atoms with Gasteiger partial charge in [0.15, 0.2) is 5.78 Å². The van der Waals surface area contributed by atoms with Crippen molar-refractivity contribution in [2.24, 2.45) is 5.92 Å². The van der Waals surface area contributed by atoms with Crippen LogP contribution in [0.2, 0.25) is 5.02 Å². The molecule has 0 aliphatic heterocycles. The lowest BCUT2D eigenvalue weighted by Gasteiger charge is -2.16. The monoisotopic (exact) mass is 399 g/mol. The van der Waals surface area contributed by atoms with Gasteiger partial charge in [0.05, 0.1) is 0 Å². The maximum Gasteiger partial charge on any atom is 0.246 e. The molecule has 2 atom stereocenters. The normalized spacial score (nSPS) is 20.1. The Morgan fingerprint density at radius 2 is 1.89 bits per heavy atom. The van der Waals surface area contributed by atoms with Gasteiger partial charge in [-0.05, 0) is 56.0 Å². The van der Waals surface area contributed by atoms with Gasteiger partial charge in [-0.15, -0.1) is 0 Å². The Kier molecular flexibility index (Phi) is 7.53. The van der Waals surface area contributed by atoms with Crippen LogP contribution in [0.1, 0.15) is 42.4 Å². The highest BCUT2D eigenvalue weighted by molar-refractivity contribution is 6.30. The van der Waals surface area contributed by atoms with Gasteiger partial charge >= 0.3 is 0 Å². The average Bonchev–Trinajstić information content (AvgIpc) is 2.89. The van der Waals surface area contributed by atoms with E-state index in [4.69, 9.17) is 11.6 Å². The van der Waals surface area contributed by atoms with Gasteiger partial charge in [0, 0.05) is 29.5 Å². The van der Waals surface area contributed by atoms with Crippen molar-refractivity contribution in [1.82, 2.24) is 5.32 Å². The fourth-order valence-electron chi connectivity index (χ4n) is 3.63. The minimum absolute atomic E-state index is 0.0551. The van der Waals surface area contributed by atoms with Crippen LogP contribution in [-0.2, 0) is 14.4 Å². The number of rotatable bonds is 7. The number of carbonyl (C=O) groups excluding carboxylic acids is 3. The molecule has 1 aliphatic carbocycles. The highest BCUT2D eigenvalue weighted by Gasteiger charge is 2.42. The van der Waals surface area contributed by atoms with E-state index in [1.807, 2.05) is 13.8 Å². The second-order valence-electron chi connectivity index (χ2n) is 7.17. The molecule has 0 radical (unpaired) electrons. The number of halogens is 1. The van der Waals surface area contributed by atoms with E-state index in [0.29, 0.717) is 23.6 Å². The van der Waals surface area contributed by atoms with Crippen molar-refractivity contribution in [3.05, 3.63) is 70.3 Å². The number of carbonyl (C=O) groups is 3. The molecule has 1 aromatic carbocycles. The van der Waals surface area contributed by atoms with Crippen molar-refractivity contribution in [1.29, 1.82) is 0 Å². The van der Waals surface area contributed by atoms with E-state index in [0.717, 1.165) is 16.7 Å². The molecule has 0 spiro atoms. The lowest BCUT2D eigenvalue weighted by atomic mass is 9.87. The van der Waals surface area contributed by atoms with Gasteiger partial charge in [-0.25, -0.2) is 0 Å². The van der Waals surface area contributed by atoms with Crippen LogP contribution in [0.4, 0.5) is 0 Å². The highest BCUT2D eigenvalue weighted by Crippen LogP contribution is 2.37. The molecule has 0 heterocycles. The van der Waals surface area contributed by atoms with Crippen molar-refractivity contribution in [2.45, 2.75) is 39.5 Å². The molecular formula is C23H26ClNO3. The Hall–Kier alpha value is -2.46. The third-order valence-corrected chi connectivity index (χ3v) is 5.25. The number of ketones is 2. The van der Waals surface area contributed by atoms with Gasteiger partial charge in [-0.1, -0.05) is 42.5 Å². The van der Waals surface area contributed by atoms with Gasteiger partial charge in [0.2, 0.25) is 5.91 Å². The smallest absolute Gasteiger partial charge is 0.246 e. The third kappa shape index (κ3) is 5.08. The summed E-state index contributed by atoms with van der Waals surface area (Å²) in [4.78, 5) is 37.5. The predicted octanol–water partition coefficient (Wildman–Crippen LogP) is 4.39. The fraction of sp³-hybridized carbons (Fsp3) is 0.348. The molecular weight excluding hydrogens is 374 g/mol. The Labute approximate surface area is 171 Å². The molecule has 5 heteroatoms. The van der Waals surface area contributed by atoms with E-state index in [2.05, 4.69) is 11.9 Å². The Bertz CT molecular complexity index is 844. The number of nitrogens with one attached hydrogen (secondary N) is 1. The number of hydrogen-bond donors (Lipinski definition) is 1. The lowest BCUT2D eigenvalue weighted by molar-refractivity contribution is -0.125. The van der Waals surface area contributed by atoms with Crippen molar-refractivity contribution < 1.29 is 14.4 Å². The summed E-state index contributed by atoms with van der Waals surface area (Å²) < 4.78 is 0. The van der Waals surface area contributed by atoms with Crippen LogP contribution in [0.25, 0.3) is 0 Å². The number of hydrogen-bond acceptors (Lipinski definition) is 3. The maximum atomic E-state index is 12.9. The summed E-state index contributed by atoms with van der Waals surface area (Å²) in [6.07, 6.45) is 7.48. The van der Waals surface area contributed by atoms with E-state index in [1.54, 1.807) is 43.4 Å². The van der Waals surface area contributed by atoms with Crippen molar-refractivity contribution in [2.75, 3.05) is 6.54 Å².